The molecule has 0 bridgehead atoms. The molecule has 96 valence electrons. The Morgan fingerprint density at radius 1 is 1.25 bits per heavy atom. The summed E-state index contributed by atoms with van der Waals surface area (Å²) >= 11 is 0. The molecule has 16 heavy (non-hydrogen) atoms. The standard InChI is InChI=1S/C14H30N2/c1-5-13(4)15-9-11-16-10-8-14(6-2,7-3)12-16/h13,15H,5-12H2,1-4H3. The van der Waals surface area contributed by atoms with E-state index in [1.807, 2.05) is 0 Å². The normalized spacial score (nSPS) is 22.5. The maximum Gasteiger partial charge on any atom is 0.0107 e. The molecule has 1 rings (SSSR count). The van der Waals surface area contributed by atoms with Crippen molar-refractivity contribution < 1.29 is 0 Å². The Hall–Kier alpha value is -0.0800. The fraction of sp³-hybridized carbons (Fsp3) is 1.00. The first-order valence-electron chi connectivity index (χ1n) is 7.11. The van der Waals surface area contributed by atoms with Gasteiger partial charge in [0.05, 0.1) is 0 Å². The highest BCUT2D eigenvalue weighted by molar-refractivity contribution is 4.88. The van der Waals surface area contributed by atoms with Crippen LogP contribution in [0.15, 0.2) is 0 Å². The molecule has 1 fully saturated rings. The zero-order chi connectivity index (χ0) is 12.0. The molecule has 0 amide bonds. The van der Waals surface area contributed by atoms with E-state index in [4.69, 9.17) is 0 Å². The van der Waals surface area contributed by atoms with Crippen molar-refractivity contribution >= 4 is 0 Å². The molecule has 0 radical (unpaired) electrons. The summed E-state index contributed by atoms with van der Waals surface area (Å²) in [4.78, 5) is 2.64. The van der Waals surface area contributed by atoms with Crippen molar-refractivity contribution in [2.75, 3.05) is 26.2 Å². The third kappa shape index (κ3) is 3.74. The highest BCUT2D eigenvalue weighted by Crippen LogP contribution is 2.36. The average Bonchev–Trinajstić information content (AvgIpc) is 2.73. The number of hydrogen-bond acceptors (Lipinski definition) is 2. The largest absolute Gasteiger partial charge is 0.313 e. The Morgan fingerprint density at radius 2 is 1.94 bits per heavy atom. The number of likely N-dealkylation sites (tertiary alicyclic amines) is 1. The topological polar surface area (TPSA) is 15.3 Å². The minimum absolute atomic E-state index is 0.635. The lowest BCUT2D eigenvalue weighted by Crippen LogP contribution is -2.35. The van der Waals surface area contributed by atoms with Crippen molar-refractivity contribution in [3.05, 3.63) is 0 Å². The summed E-state index contributed by atoms with van der Waals surface area (Å²) in [5.74, 6) is 0. The van der Waals surface area contributed by atoms with Crippen LogP contribution < -0.4 is 5.32 Å². The molecule has 0 aromatic carbocycles. The molecule has 1 saturated heterocycles. The van der Waals surface area contributed by atoms with Crippen molar-refractivity contribution in [3.63, 3.8) is 0 Å². The third-order valence-electron chi connectivity index (χ3n) is 4.55. The average molecular weight is 226 g/mol. The molecule has 0 aromatic heterocycles. The minimum Gasteiger partial charge on any atom is -0.313 e. The van der Waals surface area contributed by atoms with Gasteiger partial charge >= 0.3 is 0 Å². The van der Waals surface area contributed by atoms with Crippen molar-refractivity contribution in [1.29, 1.82) is 0 Å². The predicted molar refractivity (Wildman–Crippen MR) is 71.8 cm³/mol. The van der Waals surface area contributed by atoms with Gasteiger partial charge in [0.1, 0.15) is 0 Å². The van der Waals surface area contributed by atoms with Crippen molar-refractivity contribution in [2.45, 2.75) is 59.4 Å². The summed E-state index contributed by atoms with van der Waals surface area (Å²) in [5, 5.41) is 3.58. The second kappa shape index (κ2) is 6.61. The molecule has 0 saturated carbocycles. The van der Waals surface area contributed by atoms with Crippen molar-refractivity contribution in [1.82, 2.24) is 10.2 Å². The maximum atomic E-state index is 3.58. The van der Waals surface area contributed by atoms with Gasteiger partial charge < -0.3 is 10.2 Å². The van der Waals surface area contributed by atoms with E-state index in [-0.39, 0.29) is 0 Å². The summed E-state index contributed by atoms with van der Waals surface area (Å²) in [5.41, 5.74) is 0.635. The van der Waals surface area contributed by atoms with Crippen LogP contribution in [0, 0.1) is 5.41 Å². The highest BCUT2D eigenvalue weighted by Gasteiger charge is 2.34. The van der Waals surface area contributed by atoms with Gasteiger partial charge in [-0.1, -0.05) is 20.8 Å². The molecule has 1 aliphatic heterocycles. The maximum absolute atomic E-state index is 3.58. The number of nitrogens with one attached hydrogen (secondary N) is 1. The Bertz CT molecular complexity index is 187. The van der Waals surface area contributed by atoms with Gasteiger partial charge in [0, 0.05) is 25.7 Å². The molecule has 1 unspecified atom stereocenters. The third-order valence-corrected chi connectivity index (χ3v) is 4.55. The Balaban J connectivity index is 2.21. The van der Waals surface area contributed by atoms with Crippen LogP contribution in [0.5, 0.6) is 0 Å². The van der Waals surface area contributed by atoms with Crippen LogP contribution in [0.1, 0.15) is 53.4 Å². The van der Waals surface area contributed by atoms with Crippen LogP contribution in [0.25, 0.3) is 0 Å². The Kier molecular flexibility index (Phi) is 5.77. The zero-order valence-electron chi connectivity index (χ0n) is 11.7. The van der Waals surface area contributed by atoms with E-state index < -0.39 is 0 Å². The van der Waals surface area contributed by atoms with Gasteiger partial charge in [-0.25, -0.2) is 0 Å². The second-order valence-corrected chi connectivity index (χ2v) is 5.50. The molecule has 1 heterocycles. The smallest absolute Gasteiger partial charge is 0.0107 e. The number of hydrogen-bond donors (Lipinski definition) is 1. The minimum atomic E-state index is 0.635. The fourth-order valence-corrected chi connectivity index (χ4v) is 2.66. The molecule has 2 nitrogen and oxygen atoms in total. The van der Waals surface area contributed by atoms with E-state index in [0.717, 1.165) is 6.54 Å². The zero-order valence-corrected chi connectivity index (χ0v) is 11.7. The molecule has 0 spiro atoms. The van der Waals surface area contributed by atoms with Crippen LogP contribution in [-0.2, 0) is 0 Å². The van der Waals surface area contributed by atoms with Crippen molar-refractivity contribution in [2.24, 2.45) is 5.41 Å². The van der Waals surface area contributed by atoms with Crippen LogP contribution in [-0.4, -0.2) is 37.1 Å². The number of rotatable bonds is 7. The predicted octanol–water partition coefficient (Wildman–Crippen LogP) is 2.89. The van der Waals surface area contributed by atoms with Crippen molar-refractivity contribution in [3.8, 4) is 0 Å². The first-order chi connectivity index (χ1) is 7.65. The van der Waals surface area contributed by atoms with E-state index in [0.29, 0.717) is 11.5 Å². The monoisotopic (exact) mass is 226 g/mol. The molecule has 1 aliphatic rings. The van der Waals surface area contributed by atoms with Gasteiger partial charge in [0.15, 0.2) is 0 Å². The van der Waals surface area contributed by atoms with Gasteiger partial charge in [-0.15, -0.1) is 0 Å². The van der Waals surface area contributed by atoms with E-state index in [1.54, 1.807) is 0 Å². The molecular formula is C14H30N2. The lowest BCUT2D eigenvalue weighted by molar-refractivity contribution is 0.239. The first-order valence-corrected chi connectivity index (χ1v) is 7.11. The van der Waals surface area contributed by atoms with E-state index in [9.17, 15) is 0 Å². The van der Waals surface area contributed by atoms with Gasteiger partial charge in [-0.2, -0.15) is 0 Å². The lowest BCUT2D eigenvalue weighted by Gasteiger charge is -2.26. The molecule has 1 N–H and O–H groups in total. The number of nitrogens with zero attached hydrogens (tertiary/aromatic N) is 1. The van der Waals surface area contributed by atoms with Crippen LogP contribution in [0.4, 0.5) is 0 Å². The van der Waals surface area contributed by atoms with E-state index in [2.05, 4.69) is 37.9 Å². The SMILES string of the molecule is CCC(C)NCCN1CCC(CC)(CC)C1. The van der Waals surface area contributed by atoms with E-state index >= 15 is 0 Å². The fourth-order valence-electron chi connectivity index (χ4n) is 2.66. The summed E-state index contributed by atoms with van der Waals surface area (Å²) < 4.78 is 0. The quantitative estimate of drug-likeness (QED) is 0.718. The molecule has 0 aliphatic carbocycles. The Morgan fingerprint density at radius 3 is 2.44 bits per heavy atom. The van der Waals surface area contributed by atoms with Crippen LogP contribution >= 0.6 is 0 Å². The summed E-state index contributed by atoms with van der Waals surface area (Å²) in [6, 6.07) is 0.671. The molecule has 0 aromatic rings. The highest BCUT2D eigenvalue weighted by atomic mass is 15.2. The molecule has 2 heteroatoms. The van der Waals surface area contributed by atoms with Gasteiger partial charge in [0.25, 0.3) is 0 Å². The van der Waals surface area contributed by atoms with Gasteiger partial charge in [-0.3, -0.25) is 0 Å². The van der Waals surface area contributed by atoms with Gasteiger partial charge in [-0.05, 0) is 44.6 Å². The lowest BCUT2D eigenvalue weighted by atomic mass is 9.82. The summed E-state index contributed by atoms with van der Waals surface area (Å²) in [6.45, 7) is 14.2. The summed E-state index contributed by atoms with van der Waals surface area (Å²) in [6.07, 6.45) is 5.33. The van der Waals surface area contributed by atoms with Gasteiger partial charge in [0.2, 0.25) is 0 Å². The molecule has 1 atom stereocenters. The summed E-state index contributed by atoms with van der Waals surface area (Å²) in [7, 11) is 0. The molecular weight excluding hydrogens is 196 g/mol. The van der Waals surface area contributed by atoms with E-state index in [1.165, 1.54) is 45.3 Å². The second-order valence-electron chi connectivity index (χ2n) is 5.50. The Labute approximate surface area is 102 Å². The van der Waals surface area contributed by atoms with Crippen LogP contribution in [0.3, 0.4) is 0 Å². The first kappa shape index (κ1) is 14.0. The van der Waals surface area contributed by atoms with Crippen LogP contribution in [0.2, 0.25) is 0 Å².